The number of hydrogen-bond donors (Lipinski definition) is 1. The van der Waals surface area contributed by atoms with E-state index >= 15 is 0 Å². The van der Waals surface area contributed by atoms with Crippen LogP contribution in [0, 0.1) is 0 Å². The van der Waals surface area contributed by atoms with E-state index in [1.807, 2.05) is 48.5 Å². The Balaban J connectivity index is 1.55. The van der Waals surface area contributed by atoms with E-state index in [2.05, 4.69) is 9.97 Å². The van der Waals surface area contributed by atoms with Crippen LogP contribution in [0.2, 0.25) is 0 Å². The first-order valence-electron chi connectivity index (χ1n) is 7.97. The molecule has 4 rings (SSSR count). The second-order valence-electron chi connectivity index (χ2n) is 5.74. The molecule has 1 aliphatic heterocycles. The summed E-state index contributed by atoms with van der Waals surface area (Å²) >= 11 is 0.938. The van der Waals surface area contributed by atoms with Gasteiger partial charge in [-0.15, -0.1) is 0 Å². The van der Waals surface area contributed by atoms with Gasteiger partial charge in [0.2, 0.25) is 0 Å². The van der Waals surface area contributed by atoms with Crippen molar-refractivity contribution in [3.05, 3.63) is 64.8 Å². The van der Waals surface area contributed by atoms with E-state index in [1.54, 1.807) is 13.2 Å². The van der Waals surface area contributed by atoms with Crippen LogP contribution in [0.4, 0.5) is 4.79 Å². The van der Waals surface area contributed by atoms with Gasteiger partial charge in [-0.2, -0.15) is 0 Å². The molecule has 2 aromatic carbocycles. The fourth-order valence-electron chi connectivity index (χ4n) is 2.72. The number of methoxy groups -OCH3 is 1. The number of fused-ring (bicyclic) bond motifs is 1. The van der Waals surface area contributed by atoms with Gasteiger partial charge in [0.05, 0.1) is 29.6 Å². The SMILES string of the molecule is COc1ccc(/C=C2/SC(=O)N(Cc3nc4ccccc4[nH]3)C2=O)cc1. The highest BCUT2D eigenvalue weighted by Gasteiger charge is 2.35. The maximum atomic E-state index is 12.6. The Labute approximate surface area is 153 Å². The minimum Gasteiger partial charge on any atom is -0.497 e. The molecular weight excluding hydrogens is 350 g/mol. The lowest BCUT2D eigenvalue weighted by Gasteiger charge is -2.09. The van der Waals surface area contributed by atoms with Gasteiger partial charge in [0.1, 0.15) is 11.6 Å². The summed E-state index contributed by atoms with van der Waals surface area (Å²) in [5.74, 6) is 1.01. The van der Waals surface area contributed by atoms with Crippen molar-refractivity contribution in [2.45, 2.75) is 6.54 Å². The van der Waals surface area contributed by atoms with Crippen molar-refractivity contribution in [3.63, 3.8) is 0 Å². The smallest absolute Gasteiger partial charge is 0.293 e. The van der Waals surface area contributed by atoms with Crippen LogP contribution in [0.1, 0.15) is 11.4 Å². The predicted octanol–water partition coefficient (Wildman–Crippen LogP) is 3.81. The van der Waals surface area contributed by atoms with Gasteiger partial charge in [-0.05, 0) is 47.7 Å². The van der Waals surface area contributed by atoms with E-state index in [9.17, 15) is 9.59 Å². The third-order valence-corrected chi connectivity index (χ3v) is 4.94. The molecule has 7 heteroatoms. The normalized spacial score (nSPS) is 16.0. The molecule has 1 aliphatic rings. The summed E-state index contributed by atoms with van der Waals surface area (Å²) in [5, 5.41) is -0.296. The highest BCUT2D eigenvalue weighted by atomic mass is 32.2. The van der Waals surface area contributed by atoms with E-state index < -0.39 is 0 Å². The van der Waals surface area contributed by atoms with Crippen LogP contribution in [0.3, 0.4) is 0 Å². The van der Waals surface area contributed by atoms with Crippen molar-refractivity contribution in [2.75, 3.05) is 7.11 Å². The number of rotatable bonds is 4. The van der Waals surface area contributed by atoms with E-state index in [-0.39, 0.29) is 17.7 Å². The van der Waals surface area contributed by atoms with Crippen molar-refractivity contribution < 1.29 is 14.3 Å². The molecule has 26 heavy (non-hydrogen) atoms. The first-order valence-corrected chi connectivity index (χ1v) is 8.79. The van der Waals surface area contributed by atoms with Crippen LogP contribution >= 0.6 is 11.8 Å². The molecule has 0 saturated carbocycles. The van der Waals surface area contributed by atoms with Crippen molar-refractivity contribution >= 4 is 40.0 Å². The van der Waals surface area contributed by atoms with Crippen molar-refractivity contribution in [1.82, 2.24) is 14.9 Å². The molecular formula is C19H15N3O3S. The standard InChI is InChI=1S/C19H15N3O3S/c1-25-13-8-6-12(7-9-13)10-16-18(23)22(19(24)26-16)11-17-20-14-4-2-3-5-15(14)21-17/h2-10H,11H2,1H3,(H,20,21)/b16-10+. The number of H-pyrrole nitrogens is 1. The van der Waals surface area contributed by atoms with E-state index in [1.165, 1.54) is 4.90 Å². The number of aromatic amines is 1. The zero-order chi connectivity index (χ0) is 18.1. The van der Waals surface area contributed by atoms with Gasteiger partial charge in [0.15, 0.2) is 0 Å². The first-order chi connectivity index (χ1) is 12.6. The lowest BCUT2D eigenvalue weighted by molar-refractivity contribution is -0.123. The van der Waals surface area contributed by atoms with Gasteiger partial charge in [-0.25, -0.2) is 4.98 Å². The summed E-state index contributed by atoms with van der Waals surface area (Å²) in [6.45, 7) is 0.124. The fraction of sp³-hybridized carbons (Fsp3) is 0.105. The second kappa shape index (κ2) is 6.68. The monoisotopic (exact) mass is 365 g/mol. The number of amides is 2. The van der Waals surface area contributed by atoms with Gasteiger partial charge in [-0.1, -0.05) is 24.3 Å². The number of imidazole rings is 1. The molecule has 2 heterocycles. The molecule has 2 amide bonds. The summed E-state index contributed by atoms with van der Waals surface area (Å²) in [5.41, 5.74) is 2.52. The lowest BCUT2D eigenvalue weighted by Crippen LogP contribution is -2.28. The molecule has 0 bridgehead atoms. The molecule has 6 nitrogen and oxygen atoms in total. The van der Waals surface area contributed by atoms with Gasteiger partial charge in [-0.3, -0.25) is 14.5 Å². The zero-order valence-electron chi connectivity index (χ0n) is 13.9. The molecule has 0 unspecified atom stereocenters. The van der Waals surface area contributed by atoms with Gasteiger partial charge in [0, 0.05) is 0 Å². The number of nitrogens with zero attached hydrogens (tertiary/aromatic N) is 2. The number of para-hydroxylation sites is 2. The summed E-state index contributed by atoms with van der Waals surface area (Å²) in [6, 6.07) is 14.9. The summed E-state index contributed by atoms with van der Waals surface area (Å²) in [6.07, 6.45) is 1.71. The summed E-state index contributed by atoms with van der Waals surface area (Å²) in [7, 11) is 1.60. The van der Waals surface area contributed by atoms with Crippen molar-refractivity contribution in [2.24, 2.45) is 0 Å². The lowest BCUT2D eigenvalue weighted by atomic mass is 10.2. The third-order valence-electron chi connectivity index (χ3n) is 4.03. The topological polar surface area (TPSA) is 75.3 Å². The largest absolute Gasteiger partial charge is 0.497 e. The summed E-state index contributed by atoms with van der Waals surface area (Å²) in [4.78, 5) is 34.1. The van der Waals surface area contributed by atoms with Gasteiger partial charge in [0.25, 0.3) is 11.1 Å². The maximum absolute atomic E-state index is 12.6. The minimum absolute atomic E-state index is 0.124. The average molecular weight is 365 g/mol. The Morgan fingerprint density at radius 1 is 1.15 bits per heavy atom. The van der Waals surface area contributed by atoms with Crippen LogP contribution < -0.4 is 4.74 Å². The second-order valence-corrected chi connectivity index (χ2v) is 6.73. The molecule has 0 radical (unpaired) electrons. The molecule has 1 N–H and O–H groups in total. The zero-order valence-corrected chi connectivity index (χ0v) is 14.7. The number of nitrogens with one attached hydrogen (secondary N) is 1. The number of hydrogen-bond acceptors (Lipinski definition) is 5. The Kier molecular flexibility index (Phi) is 4.22. The van der Waals surface area contributed by atoms with Crippen LogP contribution in [0.15, 0.2) is 53.4 Å². The quantitative estimate of drug-likeness (QED) is 0.712. The number of imide groups is 1. The Morgan fingerprint density at radius 3 is 2.65 bits per heavy atom. The Morgan fingerprint density at radius 2 is 1.92 bits per heavy atom. The fourth-order valence-corrected chi connectivity index (χ4v) is 3.56. The molecule has 3 aromatic rings. The van der Waals surface area contributed by atoms with Crippen LogP contribution in [-0.4, -0.2) is 33.1 Å². The van der Waals surface area contributed by atoms with Crippen molar-refractivity contribution in [3.8, 4) is 5.75 Å². The number of carbonyl (C=O) groups excluding carboxylic acids is 2. The molecule has 0 atom stereocenters. The van der Waals surface area contributed by atoms with E-state index in [4.69, 9.17) is 4.74 Å². The average Bonchev–Trinajstić information content (AvgIpc) is 3.18. The molecule has 0 spiro atoms. The molecule has 1 saturated heterocycles. The third kappa shape index (κ3) is 3.09. The van der Waals surface area contributed by atoms with Crippen molar-refractivity contribution in [1.29, 1.82) is 0 Å². The van der Waals surface area contributed by atoms with E-state index in [0.717, 1.165) is 34.1 Å². The first kappa shape index (κ1) is 16.4. The molecule has 1 aromatic heterocycles. The van der Waals surface area contributed by atoms with Gasteiger partial charge < -0.3 is 9.72 Å². The molecule has 1 fully saturated rings. The van der Waals surface area contributed by atoms with Crippen LogP contribution in [0.5, 0.6) is 5.75 Å². The molecule has 0 aliphatic carbocycles. The molecule has 130 valence electrons. The minimum atomic E-state index is -0.309. The Hall–Kier alpha value is -3.06. The van der Waals surface area contributed by atoms with Crippen LogP contribution in [0.25, 0.3) is 17.1 Å². The number of thioether (sulfide) groups is 1. The number of benzene rings is 2. The van der Waals surface area contributed by atoms with Crippen LogP contribution in [-0.2, 0) is 11.3 Å². The number of aromatic nitrogens is 2. The number of ether oxygens (including phenoxy) is 1. The Bertz CT molecular complexity index is 991. The van der Waals surface area contributed by atoms with Gasteiger partial charge >= 0.3 is 0 Å². The maximum Gasteiger partial charge on any atom is 0.293 e. The highest BCUT2D eigenvalue weighted by molar-refractivity contribution is 8.18. The summed E-state index contributed by atoms with van der Waals surface area (Å²) < 4.78 is 5.12. The van der Waals surface area contributed by atoms with E-state index in [0.29, 0.717) is 10.7 Å². The predicted molar refractivity (Wildman–Crippen MR) is 101 cm³/mol. The highest BCUT2D eigenvalue weighted by Crippen LogP contribution is 2.33. The number of carbonyl (C=O) groups is 2.